The maximum absolute atomic E-state index is 10.5. The zero-order chi connectivity index (χ0) is 11.5. The molecule has 0 aliphatic carbocycles. The average molecular weight is 207 g/mol. The van der Waals surface area contributed by atoms with Gasteiger partial charge in [0, 0.05) is 32.7 Å². The summed E-state index contributed by atoms with van der Waals surface area (Å²) in [6.07, 6.45) is 7.25. The molecule has 3 heteroatoms. The van der Waals surface area contributed by atoms with E-state index in [-0.39, 0.29) is 0 Å². The Bertz CT molecular complexity index is 204. The summed E-state index contributed by atoms with van der Waals surface area (Å²) in [6.45, 7) is 14.5. The summed E-state index contributed by atoms with van der Waals surface area (Å²) in [4.78, 5) is 14.2. The van der Waals surface area contributed by atoms with Crippen LogP contribution in [0.4, 0.5) is 0 Å². The molecule has 0 fully saturated rings. The lowest BCUT2D eigenvalue weighted by molar-refractivity contribution is 0.291. The second kappa shape index (κ2) is 9.21. The molecule has 0 spiro atoms. The Morgan fingerprint density at radius 1 is 0.933 bits per heavy atom. The van der Waals surface area contributed by atoms with Gasteiger partial charge in [-0.05, 0) is 0 Å². The molecule has 83 valence electrons. The predicted octanol–water partition coefficient (Wildman–Crippen LogP) is 1.22. The van der Waals surface area contributed by atoms with Gasteiger partial charge in [0.05, 0.1) is 0 Å². The van der Waals surface area contributed by atoms with Crippen LogP contribution in [0.5, 0.6) is 0 Å². The first-order chi connectivity index (χ1) is 7.28. The van der Waals surface area contributed by atoms with Crippen molar-refractivity contribution in [2.45, 2.75) is 0 Å². The van der Waals surface area contributed by atoms with Gasteiger partial charge in [0.15, 0.2) is 0 Å². The first-order valence-corrected chi connectivity index (χ1v) is 4.96. The fourth-order valence-electron chi connectivity index (χ4n) is 1.21. The van der Waals surface area contributed by atoms with Crippen molar-refractivity contribution in [2.24, 2.45) is 0 Å². The monoisotopic (exact) mass is 207 g/mol. The van der Waals surface area contributed by atoms with Gasteiger partial charge in [-0.25, -0.2) is 0 Å². The van der Waals surface area contributed by atoms with E-state index in [1.807, 2.05) is 18.6 Å². The van der Waals surface area contributed by atoms with Crippen molar-refractivity contribution in [2.75, 3.05) is 32.7 Å². The zero-order valence-electron chi connectivity index (χ0n) is 9.19. The molecule has 0 unspecified atom stereocenters. The number of nitrogens with zero attached hydrogens (tertiary/aromatic N) is 2. The Morgan fingerprint density at radius 3 is 1.87 bits per heavy atom. The van der Waals surface area contributed by atoms with Crippen LogP contribution in [0.25, 0.3) is 0 Å². The van der Waals surface area contributed by atoms with Crippen molar-refractivity contribution in [3.63, 3.8) is 0 Å². The molecule has 0 aromatic carbocycles. The van der Waals surface area contributed by atoms with Crippen LogP contribution in [0, 0.1) is 0 Å². The van der Waals surface area contributed by atoms with E-state index in [0.717, 1.165) is 19.6 Å². The van der Waals surface area contributed by atoms with Gasteiger partial charge < -0.3 is 4.90 Å². The summed E-state index contributed by atoms with van der Waals surface area (Å²) in [5.41, 5.74) is 0. The molecular weight excluding hydrogens is 188 g/mol. The molecular formula is C12H19N2O. The van der Waals surface area contributed by atoms with E-state index < -0.39 is 0 Å². The van der Waals surface area contributed by atoms with Crippen molar-refractivity contribution in [1.82, 2.24) is 9.80 Å². The Kier molecular flexibility index (Phi) is 8.39. The quantitative estimate of drug-likeness (QED) is 0.397. The van der Waals surface area contributed by atoms with Crippen molar-refractivity contribution in [3.8, 4) is 0 Å². The summed E-state index contributed by atoms with van der Waals surface area (Å²) < 4.78 is 0. The van der Waals surface area contributed by atoms with Gasteiger partial charge in [-0.15, -0.1) is 19.7 Å². The van der Waals surface area contributed by atoms with Crippen LogP contribution in [0.1, 0.15) is 0 Å². The van der Waals surface area contributed by atoms with Gasteiger partial charge in [-0.1, -0.05) is 18.2 Å². The lowest BCUT2D eigenvalue weighted by Crippen LogP contribution is -2.34. The highest BCUT2D eigenvalue weighted by atomic mass is 16.1. The minimum absolute atomic E-state index is 0.541. The van der Waals surface area contributed by atoms with Crippen molar-refractivity contribution >= 4 is 6.41 Å². The van der Waals surface area contributed by atoms with Crippen LogP contribution in [-0.4, -0.2) is 48.9 Å². The third-order valence-corrected chi connectivity index (χ3v) is 1.94. The summed E-state index contributed by atoms with van der Waals surface area (Å²) in [5.74, 6) is 0. The molecule has 0 heterocycles. The molecule has 0 aliphatic rings. The number of carbonyl (C=O) groups excluding carboxylic acids is 1. The number of hydrogen-bond acceptors (Lipinski definition) is 2. The molecule has 0 rings (SSSR count). The largest absolute Gasteiger partial charge is 0.329 e. The van der Waals surface area contributed by atoms with Crippen LogP contribution < -0.4 is 0 Å². The van der Waals surface area contributed by atoms with E-state index in [9.17, 15) is 4.79 Å². The smallest absolute Gasteiger partial charge is 0.312 e. The van der Waals surface area contributed by atoms with Gasteiger partial charge >= 0.3 is 6.41 Å². The third-order valence-electron chi connectivity index (χ3n) is 1.94. The number of amides is 1. The van der Waals surface area contributed by atoms with E-state index in [1.54, 1.807) is 11.0 Å². The van der Waals surface area contributed by atoms with Crippen LogP contribution >= 0.6 is 0 Å². The molecule has 0 aromatic heterocycles. The van der Waals surface area contributed by atoms with Crippen LogP contribution in [0.2, 0.25) is 0 Å². The number of rotatable bonds is 10. The first-order valence-electron chi connectivity index (χ1n) is 4.96. The Labute approximate surface area is 92.4 Å². The van der Waals surface area contributed by atoms with E-state index in [0.29, 0.717) is 13.1 Å². The molecule has 0 saturated heterocycles. The lowest BCUT2D eigenvalue weighted by Gasteiger charge is -2.22. The molecule has 0 saturated carbocycles. The second-order valence-corrected chi connectivity index (χ2v) is 3.16. The molecule has 0 atom stereocenters. The standard InChI is InChI=1S/C12H19N2O/c1-4-7-13(8-5-2)10-11-14(12-15)9-6-3/h4-6H,1-3,7-11H2. The molecule has 0 bridgehead atoms. The van der Waals surface area contributed by atoms with E-state index in [4.69, 9.17) is 0 Å². The highest BCUT2D eigenvalue weighted by Gasteiger charge is 2.04. The Hall–Kier alpha value is -1.35. The molecule has 1 amide bonds. The van der Waals surface area contributed by atoms with E-state index >= 15 is 0 Å². The molecule has 0 aromatic rings. The molecule has 0 aliphatic heterocycles. The van der Waals surface area contributed by atoms with Gasteiger partial charge in [-0.2, -0.15) is 0 Å². The summed E-state index contributed by atoms with van der Waals surface area (Å²) >= 11 is 0. The summed E-state index contributed by atoms with van der Waals surface area (Å²) in [6, 6.07) is 0. The first kappa shape index (κ1) is 13.7. The van der Waals surface area contributed by atoms with Crippen molar-refractivity contribution < 1.29 is 4.79 Å². The van der Waals surface area contributed by atoms with E-state index in [1.165, 1.54) is 0 Å². The average Bonchev–Trinajstić information content (AvgIpc) is 2.24. The molecule has 0 N–H and O–H groups in total. The number of hydrogen-bond donors (Lipinski definition) is 0. The normalized spacial score (nSPS) is 9.67. The Morgan fingerprint density at radius 2 is 1.47 bits per heavy atom. The predicted molar refractivity (Wildman–Crippen MR) is 64.3 cm³/mol. The van der Waals surface area contributed by atoms with Gasteiger partial charge in [0.25, 0.3) is 0 Å². The van der Waals surface area contributed by atoms with Gasteiger partial charge in [0.1, 0.15) is 0 Å². The van der Waals surface area contributed by atoms with E-state index in [2.05, 4.69) is 24.6 Å². The SMILES string of the molecule is C=CCN([C]=O)CCN(CC=C)CC=C. The van der Waals surface area contributed by atoms with Crippen LogP contribution in [-0.2, 0) is 4.79 Å². The maximum Gasteiger partial charge on any atom is 0.312 e. The summed E-state index contributed by atoms with van der Waals surface area (Å²) in [7, 11) is 0. The lowest BCUT2D eigenvalue weighted by atomic mass is 10.4. The van der Waals surface area contributed by atoms with Gasteiger partial charge in [0.2, 0.25) is 0 Å². The molecule has 3 nitrogen and oxygen atoms in total. The van der Waals surface area contributed by atoms with Crippen molar-refractivity contribution in [3.05, 3.63) is 38.0 Å². The highest BCUT2D eigenvalue weighted by molar-refractivity contribution is 5.48. The topological polar surface area (TPSA) is 23.6 Å². The minimum Gasteiger partial charge on any atom is -0.329 e. The van der Waals surface area contributed by atoms with Crippen LogP contribution in [0.15, 0.2) is 38.0 Å². The summed E-state index contributed by atoms with van der Waals surface area (Å²) in [5, 5.41) is 0. The third kappa shape index (κ3) is 6.69. The highest BCUT2D eigenvalue weighted by Crippen LogP contribution is 1.91. The van der Waals surface area contributed by atoms with Gasteiger partial charge in [-0.3, -0.25) is 9.69 Å². The minimum atomic E-state index is 0.541. The molecule has 15 heavy (non-hydrogen) atoms. The maximum atomic E-state index is 10.5. The molecule has 1 radical (unpaired) electrons. The Balaban J connectivity index is 3.93. The fourth-order valence-corrected chi connectivity index (χ4v) is 1.21. The zero-order valence-corrected chi connectivity index (χ0v) is 9.19. The fraction of sp³-hybridized carbons (Fsp3) is 0.417. The second-order valence-electron chi connectivity index (χ2n) is 3.16. The van der Waals surface area contributed by atoms with Crippen molar-refractivity contribution in [1.29, 1.82) is 0 Å². The van der Waals surface area contributed by atoms with Crippen LogP contribution in [0.3, 0.4) is 0 Å².